The van der Waals surface area contributed by atoms with Crippen molar-refractivity contribution in [2.75, 3.05) is 19.8 Å². The number of carbonyl (C=O) groups is 1. The van der Waals surface area contributed by atoms with Crippen molar-refractivity contribution in [3.05, 3.63) is 29.6 Å². The van der Waals surface area contributed by atoms with Gasteiger partial charge in [0.05, 0.1) is 13.0 Å². The zero-order chi connectivity index (χ0) is 14.4. The maximum atomic E-state index is 13.6. The average Bonchev–Trinajstić information content (AvgIpc) is 2.43. The van der Waals surface area contributed by atoms with Crippen LogP contribution in [-0.4, -0.2) is 30.9 Å². The lowest BCUT2D eigenvalue weighted by molar-refractivity contribution is -0.136. The lowest BCUT2D eigenvalue weighted by atomic mass is 9.97. The minimum Gasteiger partial charge on any atom is -0.493 e. The van der Waals surface area contributed by atoms with Crippen LogP contribution >= 0.6 is 0 Å². The van der Waals surface area contributed by atoms with Crippen molar-refractivity contribution in [2.24, 2.45) is 5.92 Å². The first-order chi connectivity index (χ1) is 9.65. The van der Waals surface area contributed by atoms with Gasteiger partial charge in [-0.15, -0.1) is 0 Å². The highest BCUT2D eigenvalue weighted by atomic mass is 19.1. The van der Waals surface area contributed by atoms with Gasteiger partial charge in [-0.1, -0.05) is 6.07 Å². The first kappa shape index (κ1) is 14.8. The molecule has 2 rings (SSSR count). The van der Waals surface area contributed by atoms with Crippen LogP contribution in [0.4, 0.5) is 4.39 Å². The molecule has 4 nitrogen and oxygen atoms in total. The smallest absolute Gasteiger partial charge is 0.307 e. The summed E-state index contributed by atoms with van der Waals surface area (Å²) in [4.78, 5) is 10.5. The number of hydrogen-bond acceptors (Lipinski definition) is 3. The van der Waals surface area contributed by atoms with Crippen LogP contribution in [0.2, 0.25) is 0 Å². The number of hydrogen-bond donors (Lipinski definition) is 1. The lowest BCUT2D eigenvalue weighted by Gasteiger charge is -2.21. The van der Waals surface area contributed by atoms with Gasteiger partial charge in [0.1, 0.15) is 11.6 Å². The predicted molar refractivity (Wildman–Crippen MR) is 71.4 cm³/mol. The molecule has 1 aliphatic rings. The van der Waals surface area contributed by atoms with Crippen LogP contribution in [-0.2, 0) is 16.0 Å². The van der Waals surface area contributed by atoms with Gasteiger partial charge >= 0.3 is 5.97 Å². The minimum absolute atomic E-state index is 0.175. The van der Waals surface area contributed by atoms with Crippen LogP contribution < -0.4 is 4.74 Å². The number of carboxylic acids is 1. The Bertz CT molecular complexity index is 455. The Morgan fingerprint density at radius 1 is 1.40 bits per heavy atom. The zero-order valence-corrected chi connectivity index (χ0v) is 11.3. The van der Waals surface area contributed by atoms with Crippen molar-refractivity contribution in [3.63, 3.8) is 0 Å². The van der Waals surface area contributed by atoms with Crippen LogP contribution in [0.3, 0.4) is 0 Å². The Morgan fingerprint density at radius 3 is 2.80 bits per heavy atom. The molecule has 5 heteroatoms. The number of rotatable bonds is 6. The second-order valence-corrected chi connectivity index (χ2v) is 5.02. The summed E-state index contributed by atoms with van der Waals surface area (Å²) < 4.78 is 24.4. The largest absolute Gasteiger partial charge is 0.493 e. The molecule has 1 aromatic rings. The summed E-state index contributed by atoms with van der Waals surface area (Å²) in [6, 6.07) is 4.33. The van der Waals surface area contributed by atoms with Crippen LogP contribution in [0, 0.1) is 11.7 Å². The lowest BCUT2D eigenvalue weighted by Crippen LogP contribution is -2.17. The van der Waals surface area contributed by atoms with Gasteiger partial charge in [-0.25, -0.2) is 4.39 Å². The van der Waals surface area contributed by atoms with E-state index in [4.69, 9.17) is 14.6 Å². The van der Waals surface area contributed by atoms with Crippen LogP contribution in [0.5, 0.6) is 5.75 Å². The first-order valence-corrected chi connectivity index (χ1v) is 6.86. The monoisotopic (exact) mass is 282 g/mol. The van der Waals surface area contributed by atoms with E-state index in [1.165, 1.54) is 12.1 Å². The van der Waals surface area contributed by atoms with Crippen molar-refractivity contribution in [1.82, 2.24) is 0 Å². The Labute approximate surface area is 117 Å². The summed E-state index contributed by atoms with van der Waals surface area (Å²) >= 11 is 0. The molecule has 0 saturated carbocycles. The number of aliphatic carboxylic acids is 1. The quantitative estimate of drug-likeness (QED) is 0.871. The van der Waals surface area contributed by atoms with Gasteiger partial charge in [-0.3, -0.25) is 4.79 Å². The molecule has 0 aromatic heterocycles. The molecule has 1 aliphatic heterocycles. The molecule has 1 fully saturated rings. The number of benzene rings is 1. The second-order valence-electron chi connectivity index (χ2n) is 5.02. The average molecular weight is 282 g/mol. The maximum absolute atomic E-state index is 13.6. The van der Waals surface area contributed by atoms with E-state index in [1.807, 2.05) is 0 Å². The molecule has 0 radical (unpaired) electrons. The molecule has 1 saturated heterocycles. The standard InChI is InChI=1S/C15H19FO4/c16-14-10-13(2-1-12(14)9-15(17)18)20-8-5-11-3-6-19-7-4-11/h1-2,10-11H,3-9H2,(H,17,18). The van der Waals surface area contributed by atoms with E-state index in [0.717, 1.165) is 32.5 Å². The summed E-state index contributed by atoms with van der Waals surface area (Å²) in [5, 5.41) is 8.64. The SMILES string of the molecule is O=C(O)Cc1ccc(OCCC2CCOCC2)cc1F. The Kier molecular flexibility index (Phi) is 5.35. The van der Waals surface area contributed by atoms with Crippen molar-refractivity contribution in [3.8, 4) is 5.75 Å². The fourth-order valence-corrected chi connectivity index (χ4v) is 2.30. The van der Waals surface area contributed by atoms with Gasteiger partial charge in [-0.2, -0.15) is 0 Å². The summed E-state index contributed by atoms with van der Waals surface area (Å²) in [6.45, 7) is 2.16. The van der Waals surface area contributed by atoms with Crippen molar-refractivity contribution in [1.29, 1.82) is 0 Å². The fourth-order valence-electron chi connectivity index (χ4n) is 2.30. The third-order valence-electron chi connectivity index (χ3n) is 3.50. The highest BCUT2D eigenvalue weighted by molar-refractivity contribution is 5.70. The van der Waals surface area contributed by atoms with E-state index in [1.54, 1.807) is 6.07 Å². The second kappa shape index (κ2) is 7.24. The van der Waals surface area contributed by atoms with Crippen molar-refractivity contribution in [2.45, 2.75) is 25.7 Å². The summed E-state index contributed by atoms with van der Waals surface area (Å²) in [7, 11) is 0. The fraction of sp³-hybridized carbons (Fsp3) is 0.533. The molecule has 110 valence electrons. The van der Waals surface area contributed by atoms with E-state index in [-0.39, 0.29) is 12.0 Å². The van der Waals surface area contributed by atoms with Crippen LogP contribution in [0.25, 0.3) is 0 Å². The molecule has 0 amide bonds. The Hall–Kier alpha value is -1.62. The Balaban J connectivity index is 1.80. The normalized spacial score (nSPS) is 16.1. The highest BCUT2D eigenvalue weighted by Crippen LogP contribution is 2.21. The van der Waals surface area contributed by atoms with Gasteiger partial charge in [0.25, 0.3) is 0 Å². The molecular formula is C15H19FO4. The third-order valence-corrected chi connectivity index (χ3v) is 3.50. The molecular weight excluding hydrogens is 263 g/mol. The van der Waals surface area contributed by atoms with Gasteiger partial charge in [0, 0.05) is 19.3 Å². The van der Waals surface area contributed by atoms with Crippen molar-refractivity contribution < 1.29 is 23.8 Å². The van der Waals surface area contributed by atoms with E-state index in [0.29, 0.717) is 18.3 Å². The number of carboxylic acid groups (broad SMARTS) is 1. The van der Waals surface area contributed by atoms with Gasteiger partial charge in [0.15, 0.2) is 0 Å². The topological polar surface area (TPSA) is 55.8 Å². The molecule has 1 N–H and O–H groups in total. The molecule has 0 aliphatic carbocycles. The number of halogens is 1. The van der Waals surface area contributed by atoms with E-state index >= 15 is 0 Å². The van der Waals surface area contributed by atoms with Gasteiger partial charge in [-0.05, 0) is 36.8 Å². The van der Waals surface area contributed by atoms with E-state index < -0.39 is 11.8 Å². The minimum atomic E-state index is -1.04. The molecule has 0 bridgehead atoms. The molecule has 0 atom stereocenters. The van der Waals surface area contributed by atoms with Crippen molar-refractivity contribution >= 4 is 5.97 Å². The summed E-state index contributed by atoms with van der Waals surface area (Å²) in [5.41, 5.74) is 0.175. The van der Waals surface area contributed by atoms with E-state index in [9.17, 15) is 9.18 Å². The molecule has 0 spiro atoms. The maximum Gasteiger partial charge on any atom is 0.307 e. The van der Waals surface area contributed by atoms with Crippen LogP contribution in [0.1, 0.15) is 24.8 Å². The predicted octanol–water partition coefficient (Wildman–Crippen LogP) is 2.65. The van der Waals surface area contributed by atoms with Gasteiger partial charge < -0.3 is 14.6 Å². The zero-order valence-electron chi connectivity index (χ0n) is 11.3. The van der Waals surface area contributed by atoms with E-state index in [2.05, 4.69) is 0 Å². The molecule has 1 heterocycles. The van der Waals surface area contributed by atoms with Gasteiger partial charge in [0.2, 0.25) is 0 Å². The van der Waals surface area contributed by atoms with Crippen LogP contribution in [0.15, 0.2) is 18.2 Å². The third kappa shape index (κ3) is 4.49. The first-order valence-electron chi connectivity index (χ1n) is 6.86. The molecule has 20 heavy (non-hydrogen) atoms. The summed E-state index contributed by atoms with van der Waals surface area (Å²) in [5.74, 6) is -0.517. The molecule has 1 aromatic carbocycles. The number of ether oxygens (including phenoxy) is 2. The highest BCUT2D eigenvalue weighted by Gasteiger charge is 2.14. The Morgan fingerprint density at radius 2 is 2.15 bits per heavy atom. The summed E-state index contributed by atoms with van der Waals surface area (Å²) in [6.07, 6.45) is 2.72. The molecule has 0 unspecified atom stereocenters.